The number of halogens is 3. The number of amides is 1. The minimum Gasteiger partial charge on any atom is -0.491 e. The highest BCUT2D eigenvalue weighted by molar-refractivity contribution is 9.11. The standard InChI is InChI=1S/C16H14BrF2N3O3/c17-9-2-1-3-10-12(6-9)24-5-4-21-7-13(20-15(10)21)22-11(14(18)19)8-25-16(22)23/h2-3,6-7,11,14H,1,4-5,8H2. The first-order valence-electron chi connectivity index (χ1n) is 7.77. The van der Waals surface area contributed by atoms with E-state index in [9.17, 15) is 13.6 Å². The van der Waals surface area contributed by atoms with Gasteiger partial charge in [-0.15, -0.1) is 0 Å². The van der Waals surface area contributed by atoms with Crippen LogP contribution in [0.1, 0.15) is 12.2 Å². The highest BCUT2D eigenvalue weighted by Gasteiger charge is 2.42. The first kappa shape index (κ1) is 16.3. The predicted octanol–water partition coefficient (Wildman–Crippen LogP) is 3.45. The van der Waals surface area contributed by atoms with E-state index >= 15 is 0 Å². The van der Waals surface area contributed by atoms with E-state index in [1.54, 1.807) is 6.20 Å². The zero-order chi connectivity index (χ0) is 17.6. The van der Waals surface area contributed by atoms with E-state index in [4.69, 9.17) is 9.47 Å². The van der Waals surface area contributed by atoms with Crippen molar-refractivity contribution in [2.45, 2.75) is 25.4 Å². The molecular weight excluding hydrogens is 400 g/mol. The van der Waals surface area contributed by atoms with Crippen LogP contribution in [-0.4, -0.2) is 41.3 Å². The van der Waals surface area contributed by atoms with Gasteiger partial charge in [0.25, 0.3) is 6.43 Å². The summed E-state index contributed by atoms with van der Waals surface area (Å²) in [6.45, 7) is 0.572. The van der Waals surface area contributed by atoms with E-state index < -0.39 is 18.6 Å². The summed E-state index contributed by atoms with van der Waals surface area (Å²) in [6.07, 6.45) is 4.56. The maximum Gasteiger partial charge on any atom is 0.416 e. The number of ether oxygens (including phenoxy) is 2. The number of nitrogens with zero attached hydrogens (tertiary/aromatic N) is 3. The quantitative estimate of drug-likeness (QED) is 0.744. The molecule has 0 radical (unpaired) electrons. The van der Waals surface area contributed by atoms with Crippen LogP contribution in [-0.2, 0) is 16.0 Å². The molecular formula is C16H14BrF2N3O3. The summed E-state index contributed by atoms with van der Waals surface area (Å²) in [4.78, 5) is 17.3. The summed E-state index contributed by atoms with van der Waals surface area (Å²) >= 11 is 3.45. The summed E-state index contributed by atoms with van der Waals surface area (Å²) in [5.41, 5.74) is 0.774. The van der Waals surface area contributed by atoms with Crippen LogP contribution in [0.5, 0.6) is 0 Å². The number of allylic oxidation sites excluding steroid dienone is 5. The number of aromatic nitrogens is 2. The second kappa shape index (κ2) is 6.29. The van der Waals surface area contributed by atoms with Gasteiger partial charge in [-0.1, -0.05) is 28.1 Å². The van der Waals surface area contributed by atoms with E-state index in [1.165, 1.54) is 0 Å². The smallest absolute Gasteiger partial charge is 0.416 e. The van der Waals surface area contributed by atoms with Gasteiger partial charge in [-0.25, -0.2) is 23.5 Å². The van der Waals surface area contributed by atoms with Gasteiger partial charge in [0, 0.05) is 10.7 Å². The average Bonchev–Trinajstić information content (AvgIpc) is 3.04. The first-order valence-corrected chi connectivity index (χ1v) is 8.56. The summed E-state index contributed by atoms with van der Waals surface area (Å²) in [7, 11) is 0. The molecule has 0 saturated carbocycles. The van der Waals surface area contributed by atoms with E-state index in [1.807, 2.05) is 22.8 Å². The van der Waals surface area contributed by atoms with Crippen LogP contribution >= 0.6 is 15.9 Å². The Balaban J connectivity index is 1.76. The van der Waals surface area contributed by atoms with Crippen molar-refractivity contribution in [3.8, 4) is 0 Å². The lowest BCUT2D eigenvalue weighted by Crippen LogP contribution is -2.38. The number of fused-ring (bicyclic) bond motifs is 3. The molecule has 1 aromatic rings. The van der Waals surface area contributed by atoms with Gasteiger partial charge in [-0.05, 0) is 12.5 Å². The van der Waals surface area contributed by atoms with Crippen molar-refractivity contribution in [1.82, 2.24) is 9.55 Å². The van der Waals surface area contributed by atoms with Gasteiger partial charge in [0.2, 0.25) is 0 Å². The summed E-state index contributed by atoms with van der Waals surface area (Å²) < 4.78 is 39.7. The molecule has 0 spiro atoms. The monoisotopic (exact) mass is 413 g/mol. The molecule has 9 heteroatoms. The molecule has 0 bridgehead atoms. The molecule has 132 valence electrons. The van der Waals surface area contributed by atoms with Gasteiger partial charge in [0.1, 0.15) is 30.8 Å². The number of hydrogen-bond acceptors (Lipinski definition) is 4. The Bertz CT molecular complexity index is 816. The fraction of sp³-hybridized carbons (Fsp3) is 0.375. The average molecular weight is 414 g/mol. The third kappa shape index (κ3) is 2.86. The molecule has 0 aromatic carbocycles. The minimum absolute atomic E-state index is 0.168. The molecule has 25 heavy (non-hydrogen) atoms. The van der Waals surface area contributed by atoms with Crippen LogP contribution in [0.25, 0.3) is 5.57 Å². The molecule has 6 nitrogen and oxygen atoms in total. The second-order valence-electron chi connectivity index (χ2n) is 5.76. The Kier molecular flexibility index (Phi) is 4.10. The lowest BCUT2D eigenvalue weighted by atomic mass is 10.2. The molecule has 1 atom stereocenters. The van der Waals surface area contributed by atoms with Gasteiger partial charge in [-0.3, -0.25) is 0 Å². The van der Waals surface area contributed by atoms with Crippen LogP contribution in [0, 0.1) is 0 Å². The highest BCUT2D eigenvalue weighted by atomic mass is 79.9. The third-order valence-corrected chi connectivity index (χ3v) is 4.76. The van der Waals surface area contributed by atoms with Crippen molar-refractivity contribution in [3.63, 3.8) is 0 Å². The number of hydrogen-bond donors (Lipinski definition) is 0. The molecule has 2 aliphatic heterocycles. The van der Waals surface area contributed by atoms with Gasteiger partial charge in [0.15, 0.2) is 5.82 Å². The Hall–Kier alpha value is -2.16. The third-order valence-electron chi connectivity index (χ3n) is 4.21. The Morgan fingerprint density at radius 2 is 2.16 bits per heavy atom. The summed E-state index contributed by atoms with van der Waals surface area (Å²) in [5, 5.41) is 0. The molecule has 1 unspecified atom stereocenters. The Labute approximate surface area is 150 Å². The molecule has 3 heterocycles. The molecule has 1 amide bonds. The lowest BCUT2D eigenvalue weighted by molar-refractivity contribution is 0.104. The zero-order valence-electron chi connectivity index (χ0n) is 13.0. The number of alkyl halides is 2. The number of imidazole rings is 1. The first-order chi connectivity index (χ1) is 12.0. The highest BCUT2D eigenvalue weighted by Crippen LogP contribution is 2.34. The van der Waals surface area contributed by atoms with Crippen LogP contribution < -0.4 is 4.90 Å². The molecule has 1 fully saturated rings. The van der Waals surface area contributed by atoms with Gasteiger partial charge in [0.05, 0.1) is 12.1 Å². The molecule has 0 N–H and O–H groups in total. The van der Waals surface area contributed by atoms with Crippen LogP contribution in [0.15, 0.2) is 34.7 Å². The molecule has 3 aliphatic rings. The molecule has 1 saturated heterocycles. The fourth-order valence-electron chi connectivity index (χ4n) is 3.02. The van der Waals surface area contributed by atoms with E-state index in [2.05, 4.69) is 20.9 Å². The van der Waals surface area contributed by atoms with Crippen molar-refractivity contribution in [2.24, 2.45) is 0 Å². The maximum atomic E-state index is 13.2. The topological polar surface area (TPSA) is 56.6 Å². The van der Waals surface area contributed by atoms with Gasteiger partial charge < -0.3 is 14.0 Å². The molecule has 4 rings (SSSR count). The van der Waals surface area contributed by atoms with Gasteiger partial charge in [-0.2, -0.15) is 0 Å². The van der Waals surface area contributed by atoms with E-state index in [0.717, 1.165) is 15.0 Å². The Morgan fingerprint density at radius 3 is 2.96 bits per heavy atom. The normalized spacial score (nSPS) is 22.9. The van der Waals surface area contributed by atoms with Gasteiger partial charge >= 0.3 is 6.09 Å². The number of carbonyl (C=O) groups is 1. The summed E-state index contributed by atoms with van der Waals surface area (Å²) in [5.74, 6) is 1.41. The van der Waals surface area contributed by atoms with Crippen molar-refractivity contribution < 1.29 is 23.0 Å². The predicted molar refractivity (Wildman–Crippen MR) is 89.5 cm³/mol. The van der Waals surface area contributed by atoms with Crippen LogP contribution in [0.4, 0.5) is 19.4 Å². The van der Waals surface area contributed by atoms with Crippen molar-refractivity contribution in [2.75, 3.05) is 18.1 Å². The minimum atomic E-state index is -2.70. The Morgan fingerprint density at radius 1 is 1.32 bits per heavy atom. The fourth-order valence-corrected chi connectivity index (χ4v) is 3.41. The maximum absolute atomic E-state index is 13.2. The van der Waals surface area contributed by atoms with Crippen LogP contribution in [0.2, 0.25) is 0 Å². The van der Waals surface area contributed by atoms with Crippen molar-refractivity contribution >= 4 is 33.4 Å². The number of carbonyl (C=O) groups excluding carboxylic acids is 1. The zero-order valence-corrected chi connectivity index (χ0v) is 14.6. The summed E-state index contributed by atoms with van der Waals surface area (Å²) in [6, 6.07) is -1.32. The van der Waals surface area contributed by atoms with Crippen molar-refractivity contribution in [1.29, 1.82) is 0 Å². The lowest BCUT2D eigenvalue weighted by Gasteiger charge is -2.17. The van der Waals surface area contributed by atoms with Crippen molar-refractivity contribution in [3.05, 3.63) is 40.5 Å². The van der Waals surface area contributed by atoms with Crippen LogP contribution in [0.3, 0.4) is 0 Å². The largest absolute Gasteiger partial charge is 0.491 e. The molecule has 1 aliphatic carbocycles. The number of anilines is 1. The van der Waals surface area contributed by atoms with E-state index in [0.29, 0.717) is 31.2 Å². The second-order valence-corrected chi connectivity index (χ2v) is 6.68. The molecule has 1 aromatic heterocycles. The number of cyclic esters (lactones) is 1. The van der Waals surface area contributed by atoms with E-state index in [-0.39, 0.29) is 12.4 Å². The SMILES string of the molecule is O=C1OCC(C(F)F)N1c1cn2c(n1)C1=CCC=C(Br)C=C1OCC2. The number of rotatable bonds is 2.